The molecule has 269 valence electrons. The van der Waals surface area contributed by atoms with Gasteiger partial charge in [-0.15, -0.1) is 0 Å². The van der Waals surface area contributed by atoms with Gasteiger partial charge in [-0.25, -0.2) is 0 Å². The van der Waals surface area contributed by atoms with Crippen LogP contribution < -0.4 is 10.2 Å². The minimum absolute atomic E-state index is 0. The fraction of sp³-hybridized carbons (Fsp3) is 0.812. The molecule has 0 rings (SSSR count). The van der Waals surface area contributed by atoms with Gasteiger partial charge in [-0.05, 0) is 55.7 Å². The van der Waals surface area contributed by atoms with Gasteiger partial charge < -0.3 is 38.6 Å². The van der Waals surface area contributed by atoms with Crippen LogP contribution in [0, 0.1) is 0 Å². The summed E-state index contributed by atoms with van der Waals surface area (Å²) in [6, 6.07) is 0. The van der Waals surface area contributed by atoms with Gasteiger partial charge in [0.15, 0.2) is 0 Å². The molecule has 1 radical (unpaired) electrons. The zero-order valence-corrected chi connectivity index (χ0v) is 34.6. The topological polar surface area (TPSA) is 126 Å². The number of hydrogen-bond acceptors (Lipinski definition) is 10. The molecule has 45 heavy (non-hydrogen) atoms. The van der Waals surface area contributed by atoms with E-state index in [1.54, 1.807) is 41.9 Å². The smallest absolute Gasteiger partial charge is 0.0879 e. The molecule has 0 aromatic rings. The van der Waals surface area contributed by atoms with E-state index in [9.17, 15) is 10.2 Å². The van der Waals surface area contributed by atoms with E-state index in [2.05, 4.69) is 36.6 Å². The summed E-state index contributed by atoms with van der Waals surface area (Å²) in [7, 11) is 9.57. The van der Waals surface area contributed by atoms with Gasteiger partial charge in [0.25, 0.3) is 0 Å². The number of methoxy groups -OCH3 is 6. The Hall–Kier alpha value is -0.311. The molecule has 0 unspecified atom stereocenters. The van der Waals surface area contributed by atoms with Crippen LogP contribution in [0.3, 0.4) is 0 Å². The third kappa shape index (κ3) is 32.0. The summed E-state index contributed by atoms with van der Waals surface area (Å²) in [5, 5.41) is 24.5. The van der Waals surface area contributed by atoms with Gasteiger partial charge in [0.1, 0.15) is 0 Å². The zero-order chi connectivity index (χ0) is 34.6. The predicted octanol–water partition coefficient (Wildman–Crippen LogP) is 3.49. The maximum Gasteiger partial charge on any atom is 0.0879 e. The standard InChI is InChI=1S/C20H36N2O6.2C6H15OP.Tc/c1-19(2,27-7)17(23)11-15(13-25-5)21-9-10-22-16(14-26-6)12-18(24)20(3,4)28-8;2*1-7-5-4-6-8(2)3;/h11-12,23-24H,9-10,13-14H2,1-8H3;2*4-6H2,1-3H3;/b17-11-,18-12-,21-15?,22-16?;;;/i;;;1+1. The zero-order valence-electron chi connectivity index (χ0n) is 30.8. The van der Waals surface area contributed by atoms with Gasteiger partial charge >= 0.3 is 0 Å². The molecular weight excluding hydrogens is 701 g/mol. The summed E-state index contributed by atoms with van der Waals surface area (Å²) in [5.74, 6) is -0.398. The molecule has 0 heterocycles. The van der Waals surface area contributed by atoms with Crippen molar-refractivity contribution in [3.63, 3.8) is 0 Å². The molecule has 10 nitrogen and oxygen atoms in total. The van der Waals surface area contributed by atoms with Crippen LogP contribution in [0.5, 0.6) is 0 Å². The van der Waals surface area contributed by atoms with Crippen molar-refractivity contribution >= 4 is 27.3 Å². The van der Waals surface area contributed by atoms with Gasteiger partial charge in [-0.3, -0.25) is 9.98 Å². The Morgan fingerprint density at radius 2 is 0.911 bits per heavy atom. The third-order valence-corrected chi connectivity index (χ3v) is 8.87. The van der Waals surface area contributed by atoms with Crippen LogP contribution in [0.2, 0.25) is 0 Å². The van der Waals surface area contributed by atoms with E-state index >= 15 is 0 Å². The maximum absolute atomic E-state index is 12.2. The molecule has 0 aliphatic heterocycles. The second kappa shape index (κ2) is 32.2. The molecule has 0 amide bonds. The predicted molar refractivity (Wildman–Crippen MR) is 190 cm³/mol. The molecule has 0 aromatic carbocycles. The van der Waals surface area contributed by atoms with Gasteiger partial charge in [0, 0.05) is 115 Å². The van der Waals surface area contributed by atoms with Gasteiger partial charge in [-0.1, -0.05) is 11.5 Å². The van der Waals surface area contributed by atoms with Crippen molar-refractivity contribution in [1.29, 1.82) is 0 Å². The van der Waals surface area contributed by atoms with E-state index in [1.165, 1.54) is 65.8 Å². The molecule has 0 N–H and O–H groups in total. The summed E-state index contributed by atoms with van der Waals surface area (Å²) in [5.41, 5.74) is -0.854. The second-order valence-electron chi connectivity index (χ2n) is 11.7. The van der Waals surface area contributed by atoms with E-state index in [0.717, 1.165) is 13.2 Å². The maximum atomic E-state index is 12.2. The normalized spacial score (nSPS) is 13.2. The molecule has 0 saturated heterocycles. The summed E-state index contributed by atoms with van der Waals surface area (Å²) < 4.78 is 30.4. The summed E-state index contributed by atoms with van der Waals surface area (Å²) in [6.07, 6.45) is 8.11. The first kappa shape index (κ1) is 51.5. The van der Waals surface area contributed by atoms with Crippen LogP contribution in [-0.2, 0) is 48.5 Å². The average Bonchev–Trinajstić information content (AvgIpc) is 2.95. The van der Waals surface area contributed by atoms with Crippen LogP contribution in [0.4, 0.5) is 0 Å². The first-order valence-corrected chi connectivity index (χ1v) is 20.5. The number of rotatable bonds is 21. The van der Waals surface area contributed by atoms with Crippen molar-refractivity contribution in [2.75, 3.05) is 121 Å². The molecule has 0 atom stereocenters. The Bertz CT molecular complexity index is 755. The van der Waals surface area contributed by atoms with Crippen molar-refractivity contribution in [2.24, 2.45) is 9.98 Å². The minimum atomic E-state index is -0.929. The van der Waals surface area contributed by atoms with Crippen molar-refractivity contribution in [3.05, 3.63) is 23.7 Å². The Morgan fingerprint density at radius 1 is 0.600 bits per heavy atom. The number of aliphatic imine (C=N–C) groups is 2. The molecule has 0 fully saturated rings. The van der Waals surface area contributed by atoms with Gasteiger partial charge in [0.2, 0.25) is 0 Å². The number of nitrogens with zero attached hydrogens (tertiary/aromatic N) is 2. The largest absolute Gasteiger partial charge is 0.873 e. The van der Waals surface area contributed by atoms with Gasteiger partial charge in [-0.2, -0.15) is 0 Å². The Labute approximate surface area is 291 Å². The molecule has 0 spiro atoms. The van der Waals surface area contributed by atoms with E-state index in [0.29, 0.717) is 24.5 Å². The summed E-state index contributed by atoms with van der Waals surface area (Å²) in [4.78, 5) is 8.73. The van der Waals surface area contributed by atoms with Crippen molar-refractivity contribution < 1.29 is 58.7 Å². The molecule has 13 heteroatoms. The Kier molecular flexibility index (Phi) is 36.9. The van der Waals surface area contributed by atoms with Crippen LogP contribution >= 0.6 is 15.8 Å². The minimum Gasteiger partial charge on any atom is -0.873 e. The van der Waals surface area contributed by atoms with E-state index in [-0.39, 0.29) is 60.7 Å². The Morgan fingerprint density at radius 3 is 1.13 bits per heavy atom. The molecule has 0 aliphatic rings. The summed E-state index contributed by atoms with van der Waals surface area (Å²) >= 11 is 0. The first-order chi connectivity index (χ1) is 20.6. The third-order valence-electron chi connectivity index (χ3n) is 6.17. The quantitative estimate of drug-likeness (QED) is 0.0753. The van der Waals surface area contributed by atoms with Gasteiger partial charge in [0.05, 0.1) is 61.3 Å². The first-order valence-electron chi connectivity index (χ1n) is 15.1. The van der Waals surface area contributed by atoms with E-state index in [1.807, 2.05) is 0 Å². The Balaban J connectivity index is -0.000000403. The van der Waals surface area contributed by atoms with Crippen molar-refractivity contribution in [2.45, 2.75) is 51.7 Å². The number of ether oxygens (including phenoxy) is 6. The van der Waals surface area contributed by atoms with Crippen LogP contribution in [-0.4, -0.2) is 144 Å². The molecule has 0 bridgehead atoms. The average molecular weight is 768 g/mol. The summed E-state index contributed by atoms with van der Waals surface area (Å²) in [6.45, 7) is 19.0. The number of hydrogen-bond donors (Lipinski definition) is 0. The fourth-order valence-corrected chi connectivity index (χ4v) is 4.64. The van der Waals surface area contributed by atoms with Crippen molar-refractivity contribution in [1.82, 2.24) is 0 Å². The second-order valence-corrected chi connectivity index (χ2v) is 17.5. The molecule has 0 aliphatic carbocycles. The molecule has 0 saturated carbocycles. The monoisotopic (exact) mass is 767 g/mol. The SMILES string of the molecule is COCC(/C=C(\[O-])C(C)(C)OC)=NCCN=C(/C=C(\[O-])C(C)(C)OC)COC.COCCC[PH+](C)C.COCCC[PH+](C)C.[99Tc]. The fourth-order valence-electron chi connectivity index (χ4n) is 2.94. The molecule has 0 aromatic heterocycles. The van der Waals surface area contributed by atoms with Crippen LogP contribution in [0.15, 0.2) is 33.7 Å². The van der Waals surface area contributed by atoms with Crippen LogP contribution in [0.25, 0.3) is 0 Å². The van der Waals surface area contributed by atoms with E-state index in [4.69, 9.17) is 28.4 Å². The molecular formula is C32H66N2O8P2Tc. The van der Waals surface area contributed by atoms with Crippen LogP contribution in [0.1, 0.15) is 40.5 Å². The van der Waals surface area contributed by atoms with E-state index < -0.39 is 11.2 Å². The van der Waals surface area contributed by atoms with Crippen molar-refractivity contribution in [3.8, 4) is 0 Å².